The molecule has 2 amide bonds. The zero-order valence-corrected chi connectivity index (χ0v) is 29.8. The van der Waals surface area contributed by atoms with Crippen LogP contribution in [0.2, 0.25) is 0 Å². The first-order valence-electron chi connectivity index (χ1n) is 16.2. The van der Waals surface area contributed by atoms with Crippen LogP contribution >= 0.6 is 0 Å². The fourth-order valence-corrected chi connectivity index (χ4v) is 5.76. The Morgan fingerprint density at radius 1 is 1.12 bits per heavy atom. The molecule has 1 aliphatic heterocycles. The molecule has 51 heavy (non-hydrogen) atoms. The summed E-state index contributed by atoms with van der Waals surface area (Å²) in [6.45, 7) is 6.91. The Morgan fingerprint density at radius 3 is 2.39 bits per heavy atom. The average Bonchev–Trinajstić information content (AvgIpc) is 3.09. The van der Waals surface area contributed by atoms with Crippen molar-refractivity contribution in [3.63, 3.8) is 0 Å². The highest BCUT2D eigenvalue weighted by Gasteiger charge is 2.34. The highest BCUT2D eigenvalue weighted by Crippen LogP contribution is 2.30. The van der Waals surface area contributed by atoms with E-state index in [-0.39, 0.29) is 52.9 Å². The highest BCUT2D eigenvalue weighted by molar-refractivity contribution is 6.24. The van der Waals surface area contributed by atoms with Gasteiger partial charge in [0.05, 0.1) is 29.9 Å². The number of benzene rings is 1. The summed E-state index contributed by atoms with van der Waals surface area (Å²) in [6, 6.07) is 5.76. The molecule has 15 heteroatoms. The van der Waals surface area contributed by atoms with Gasteiger partial charge in [-0.25, -0.2) is 4.79 Å². The first-order chi connectivity index (χ1) is 24.2. The number of hydrogen-bond acceptors (Lipinski definition) is 12. The van der Waals surface area contributed by atoms with Gasteiger partial charge in [0, 0.05) is 43.4 Å². The number of oxime groups is 1. The number of allylic oxidation sites excluding steroid dienone is 4. The molecule has 15 nitrogen and oxygen atoms in total. The number of non-ortho nitro benzene ring substituents is 1. The van der Waals surface area contributed by atoms with Crippen molar-refractivity contribution in [1.29, 1.82) is 0 Å². The lowest BCUT2D eigenvalue weighted by Crippen LogP contribution is -2.37. The molecule has 0 fully saturated rings. The van der Waals surface area contributed by atoms with Crippen molar-refractivity contribution in [1.82, 2.24) is 5.32 Å². The SMILES string of the molecule is COC1=C2C[C@@H](C)C[C@H](OC)[C@H](O)[C@@H](C)/C=C(\C)[C@H](OC(N)=O)[C@@H](OC)/C=C\C=C(/C)C(=O)NC(=C/C1=N\OCc1ccc([N+](=O)[O-])cc1)C2=O. The predicted octanol–water partition coefficient (Wildman–Crippen LogP) is 4.32. The number of carbonyl (C=O) groups excluding carboxylic acids is 3. The number of fused-ring (bicyclic) bond motifs is 2. The van der Waals surface area contributed by atoms with Crippen LogP contribution in [-0.4, -0.2) is 79.3 Å². The number of nitro groups is 1. The molecule has 1 aliphatic carbocycles. The number of nitrogens with one attached hydrogen (secondary N) is 1. The minimum absolute atomic E-state index is 0.0464. The number of carbonyl (C=O) groups is 3. The van der Waals surface area contributed by atoms with Gasteiger partial charge in [-0.2, -0.15) is 0 Å². The summed E-state index contributed by atoms with van der Waals surface area (Å²) in [7, 11) is 4.29. The Bertz CT molecular complexity index is 1640. The van der Waals surface area contributed by atoms with E-state index in [1.54, 1.807) is 39.0 Å². The van der Waals surface area contributed by atoms with Gasteiger partial charge < -0.3 is 39.9 Å². The summed E-state index contributed by atoms with van der Waals surface area (Å²) in [5.74, 6) is -1.65. The molecule has 1 aromatic rings. The van der Waals surface area contributed by atoms with Crippen molar-refractivity contribution in [2.45, 2.75) is 71.6 Å². The summed E-state index contributed by atoms with van der Waals surface area (Å²) >= 11 is 0. The molecule has 1 heterocycles. The Labute approximate surface area is 296 Å². The molecule has 2 aliphatic rings. The van der Waals surface area contributed by atoms with Gasteiger partial charge in [0.15, 0.2) is 11.9 Å². The Balaban J connectivity index is 2.08. The molecule has 0 aromatic heterocycles. The largest absolute Gasteiger partial charge is 0.494 e. The van der Waals surface area contributed by atoms with E-state index in [2.05, 4.69) is 10.5 Å². The maximum atomic E-state index is 13.9. The standard InChI is InChI=1S/C36H46N4O11/c1-20-15-26-32(42)27(18-28(34(26)49-7)39-50-19-24-11-13-25(14-12-24)40(45)46)38-35(43)21(2)9-8-10-29(47-5)33(51-36(37)44)23(4)17-22(3)31(41)30(16-20)48-6/h8-14,17-18,20,22,29-31,33,41H,15-16,19H2,1-7H3,(H2,37,44)(H,38,43)/b10-8-,21-9+,23-17+,39-28+/t20-,22+,29+,30+,31-,33+/m1/s1. The average molecular weight is 711 g/mol. The Kier molecular flexibility index (Phi) is 14.8. The number of nitrogens with two attached hydrogens (primary N) is 1. The summed E-state index contributed by atoms with van der Waals surface area (Å²) < 4.78 is 22.4. The topological polar surface area (TPSA) is 211 Å². The van der Waals surface area contributed by atoms with Crippen LogP contribution in [0, 0.1) is 22.0 Å². The van der Waals surface area contributed by atoms with E-state index in [4.69, 9.17) is 29.5 Å². The number of rotatable bonds is 8. The molecule has 1 aromatic carbocycles. The van der Waals surface area contributed by atoms with E-state index in [0.29, 0.717) is 17.6 Å². The first-order valence-corrected chi connectivity index (χ1v) is 16.2. The van der Waals surface area contributed by atoms with Crippen molar-refractivity contribution >= 4 is 29.2 Å². The van der Waals surface area contributed by atoms with E-state index in [9.17, 15) is 29.6 Å². The molecule has 0 saturated heterocycles. The predicted molar refractivity (Wildman–Crippen MR) is 187 cm³/mol. The second-order valence-electron chi connectivity index (χ2n) is 12.4. The van der Waals surface area contributed by atoms with Gasteiger partial charge in [0.1, 0.15) is 18.4 Å². The number of aliphatic hydroxyl groups excluding tert-OH is 1. The summed E-state index contributed by atoms with van der Waals surface area (Å²) in [5, 5.41) is 29.2. The number of primary amides is 1. The van der Waals surface area contributed by atoms with Gasteiger partial charge in [-0.1, -0.05) is 43.3 Å². The van der Waals surface area contributed by atoms with Gasteiger partial charge >= 0.3 is 6.09 Å². The van der Waals surface area contributed by atoms with Crippen LogP contribution in [0.15, 0.2) is 88.0 Å². The molecule has 4 N–H and O–H groups in total. The van der Waals surface area contributed by atoms with Crippen LogP contribution in [0.4, 0.5) is 10.5 Å². The molecule has 6 atom stereocenters. The smallest absolute Gasteiger partial charge is 0.405 e. The maximum Gasteiger partial charge on any atom is 0.405 e. The lowest BCUT2D eigenvalue weighted by atomic mass is 9.85. The number of methoxy groups -OCH3 is 3. The third-order valence-electron chi connectivity index (χ3n) is 8.50. The second-order valence-corrected chi connectivity index (χ2v) is 12.4. The number of aliphatic hydroxyl groups is 1. The lowest BCUT2D eigenvalue weighted by Gasteiger charge is -2.30. The highest BCUT2D eigenvalue weighted by atomic mass is 16.6. The van der Waals surface area contributed by atoms with Crippen LogP contribution in [0.5, 0.6) is 0 Å². The fraction of sp³-hybridized carbons (Fsp3) is 0.444. The van der Waals surface area contributed by atoms with Crippen molar-refractivity contribution in [3.05, 3.63) is 98.5 Å². The van der Waals surface area contributed by atoms with Crippen LogP contribution in [0.3, 0.4) is 0 Å². The number of nitro benzene ring substituents is 1. The van der Waals surface area contributed by atoms with Crippen molar-refractivity contribution in [3.8, 4) is 0 Å². The molecule has 3 rings (SSSR count). The molecular weight excluding hydrogens is 664 g/mol. The van der Waals surface area contributed by atoms with Crippen LogP contribution < -0.4 is 11.1 Å². The summed E-state index contributed by atoms with van der Waals surface area (Å²) in [6.07, 6.45) is 3.79. The van der Waals surface area contributed by atoms with E-state index in [0.717, 1.165) is 0 Å². The van der Waals surface area contributed by atoms with E-state index in [1.807, 2.05) is 6.92 Å². The number of hydrogen-bond donors (Lipinski definition) is 3. The van der Waals surface area contributed by atoms with Crippen LogP contribution in [0.25, 0.3) is 0 Å². The number of ether oxygens (including phenoxy) is 4. The molecular formula is C36H46N4O11. The molecule has 2 bridgehead atoms. The maximum absolute atomic E-state index is 13.9. The number of Topliss-reactive ketones (excluding diaryl/α,β-unsaturated/α-hetero) is 1. The van der Waals surface area contributed by atoms with Crippen molar-refractivity contribution < 1.29 is 48.2 Å². The third kappa shape index (κ3) is 10.9. The number of ketones is 1. The summed E-state index contributed by atoms with van der Waals surface area (Å²) in [4.78, 5) is 55.1. The number of nitrogens with zero attached hydrogens (tertiary/aromatic N) is 2. The van der Waals surface area contributed by atoms with Gasteiger partial charge in [-0.05, 0) is 62.0 Å². The lowest BCUT2D eigenvalue weighted by molar-refractivity contribution is -0.384. The Hall–Kier alpha value is -5.12. The quantitative estimate of drug-likeness (QED) is 0.150. The molecule has 0 saturated carbocycles. The van der Waals surface area contributed by atoms with Crippen LogP contribution in [0.1, 0.15) is 46.1 Å². The molecule has 0 radical (unpaired) electrons. The van der Waals surface area contributed by atoms with E-state index >= 15 is 0 Å². The zero-order chi connectivity index (χ0) is 37.8. The van der Waals surface area contributed by atoms with Crippen molar-refractivity contribution in [2.75, 3.05) is 21.3 Å². The van der Waals surface area contributed by atoms with Gasteiger partial charge in [0.2, 0.25) is 5.78 Å². The van der Waals surface area contributed by atoms with Gasteiger partial charge in [0.25, 0.3) is 11.6 Å². The van der Waals surface area contributed by atoms with Crippen molar-refractivity contribution in [2.24, 2.45) is 22.7 Å². The minimum Gasteiger partial charge on any atom is -0.494 e. The monoisotopic (exact) mass is 710 g/mol. The normalized spacial score (nSPS) is 28.8. The number of amides is 2. The van der Waals surface area contributed by atoms with Gasteiger partial charge in [-0.15, -0.1) is 0 Å². The zero-order valence-electron chi connectivity index (χ0n) is 29.8. The Morgan fingerprint density at radius 2 is 1.80 bits per heavy atom. The van der Waals surface area contributed by atoms with Crippen LogP contribution in [-0.2, 0) is 40.0 Å². The minimum atomic E-state index is -1.02. The third-order valence-corrected chi connectivity index (χ3v) is 8.50. The van der Waals surface area contributed by atoms with Gasteiger partial charge in [-0.3, -0.25) is 19.7 Å². The molecule has 0 spiro atoms. The molecule has 0 unspecified atom stereocenters. The van der Waals surface area contributed by atoms with E-state index < -0.39 is 53.0 Å². The fourth-order valence-electron chi connectivity index (χ4n) is 5.76. The summed E-state index contributed by atoms with van der Waals surface area (Å²) in [5.41, 5.74) is 7.00. The first kappa shape index (κ1) is 40.3. The second kappa shape index (κ2) is 18.8. The van der Waals surface area contributed by atoms with E-state index in [1.165, 1.54) is 57.7 Å². The molecule has 276 valence electrons.